The fraction of sp³-hybridized carbons (Fsp3) is 0.444. The van der Waals surface area contributed by atoms with Crippen molar-refractivity contribution in [3.63, 3.8) is 0 Å². The summed E-state index contributed by atoms with van der Waals surface area (Å²) in [5.74, 6) is 2.33. The molecule has 1 aliphatic heterocycles. The first-order valence-electron chi connectivity index (χ1n) is 8.26. The predicted octanol–water partition coefficient (Wildman–Crippen LogP) is 2.63. The molecule has 0 spiro atoms. The van der Waals surface area contributed by atoms with E-state index in [4.69, 9.17) is 14.2 Å². The van der Waals surface area contributed by atoms with Crippen molar-refractivity contribution in [2.24, 2.45) is 0 Å². The minimum atomic E-state index is -0.630. The second kappa shape index (κ2) is 9.38. The zero-order valence-electron chi connectivity index (χ0n) is 15.4. The highest BCUT2D eigenvalue weighted by Crippen LogP contribution is 2.34. The van der Waals surface area contributed by atoms with E-state index in [9.17, 15) is 9.59 Å². The minimum Gasteiger partial charge on any atom is -0.493 e. The number of carbonyl (C=O) groups excluding carboxylic acids is 2. The number of carbonyl (C=O) groups is 2. The largest absolute Gasteiger partial charge is 0.493 e. The molecule has 1 aliphatic rings. The molecule has 2 N–H and O–H groups in total. The number of urea groups is 1. The van der Waals surface area contributed by atoms with Gasteiger partial charge < -0.3 is 24.8 Å². The molecule has 0 aromatic heterocycles. The van der Waals surface area contributed by atoms with Crippen molar-refractivity contribution in [3.8, 4) is 11.5 Å². The molecule has 0 bridgehead atoms. The van der Waals surface area contributed by atoms with E-state index < -0.39 is 12.0 Å². The van der Waals surface area contributed by atoms with Crippen LogP contribution in [0.3, 0.4) is 0 Å². The Balaban J connectivity index is 2.30. The van der Waals surface area contributed by atoms with Gasteiger partial charge in [0, 0.05) is 11.4 Å². The van der Waals surface area contributed by atoms with Crippen LogP contribution in [0.2, 0.25) is 0 Å². The lowest BCUT2D eigenvalue weighted by molar-refractivity contribution is -0.138. The number of rotatable bonds is 8. The number of ether oxygens (including phenoxy) is 3. The highest BCUT2D eigenvalue weighted by molar-refractivity contribution is 7.99. The van der Waals surface area contributed by atoms with Gasteiger partial charge in [0.25, 0.3) is 0 Å². The van der Waals surface area contributed by atoms with Crippen LogP contribution in [0.25, 0.3) is 0 Å². The van der Waals surface area contributed by atoms with E-state index in [-0.39, 0.29) is 6.03 Å². The Hall–Kier alpha value is -2.35. The minimum absolute atomic E-state index is 0.320. The lowest BCUT2D eigenvalue weighted by Gasteiger charge is -2.28. The van der Waals surface area contributed by atoms with E-state index in [0.29, 0.717) is 34.9 Å². The van der Waals surface area contributed by atoms with Gasteiger partial charge in [0.1, 0.15) is 6.61 Å². The van der Waals surface area contributed by atoms with Gasteiger partial charge in [-0.05, 0) is 30.4 Å². The number of hydrogen-bond donors (Lipinski definition) is 2. The maximum absolute atomic E-state index is 12.6. The molecule has 0 aliphatic carbocycles. The van der Waals surface area contributed by atoms with Crippen LogP contribution >= 0.6 is 11.8 Å². The lowest BCUT2D eigenvalue weighted by Crippen LogP contribution is -2.45. The van der Waals surface area contributed by atoms with Gasteiger partial charge in [-0.3, -0.25) is 0 Å². The summed E-state index contributed by atoms with van der Waals surface area (Å²) in [5, 5.41) is 5.40. The van der Waals surface area contributed by atoms with E-state index in [0.717, 1.165) is 11.5 Å². The second-order valence-corrected chi connectivity index (χ2v) is 6.91. The summed E-state index contributed by atoms with van der Waals surface area (Å²) < 4.78 is 15.9. The Kier molecular flexibility index (Phi) is 7.20. The number of allylic oxidation sites excluding steroid dienone is 1. The Labute approximate surface area is 157 Å². The summed E-state index contributed by atoms with van der Waals surface area (Å²) in [7, 11) is 3.08. The van der Waals surface area contributed by atoms with Crippen LogP contribution in [-0.4, -0.2) is 44.3 Å². The first kappa shape index (κ1) is 20.0. The monoisotopic (exact) mass is 380 g/mol. The molecule has 1 aromatic rings. The predicted molar refractivity (Wildman–Crippen MR) is 101 cm³/mol. The number of esters is 1. The van der Waals surface area contributed by atoms with Gasteiger partial charge in [-0.25, -0.2) is 9.59 Å². The highest BCUT2D eigenvalue weighted by Gasteiger charge is 2.32. The van der Waals surface area contributed by atoms with Gasteiger partial charge in [0.2, 0.25) is 0 Å². The highest BCUT2D eigenvalue weighted by atomic mass is 32.2. The Morgan fingerprint density at radius 2 is 1.96 bits per heavy atom. The van der Waals surface area contributed by atoms with Gasteiger partial charge in [-0.2, -0.15) is 11.8 Å². The Bertz CT molecular complexity index is 705. The smallest absolute Gasteiger partial charge is 0.338 e. The van der Waals surface area contributed by atoms with Crippen LogP contribution < -0.4 is 20.1 Å². The SMILES string of the molecule is CCSCCOC(=O)C1=C(C)NC(=O)N[C@@H]1c1ccc(OC)c(OC)c1. The van der Waals surface area contributed by atoms with E-state index in [1.54, 1.807) is 44.0 Å². The maximum atomic E-state index is 12.6. The fourth-order valence-corrected chi connectivity index (χ4v) is 3.15. The van der Waals surface area contributed by atoms with Crippen molar-refractivity contribution in [2.45, 2.75) is 19.9 Å². The molecule has 26 heavy (non-hydrogen) atoms. The molecule has 0 unspecified atom stereocenters. The number of thioether (sulfide) groups is 1. The average Bonchev–Trinajstić information content (AvgIpc) is 2.63. The second-order valence-electron chi connectivity index (χ2n) is 5.52. The van der Waals surface area contributed by atoms with Crippen molar-refractivity contribution >= 4 is 23.8 Å². The molecule has 1 aromatic carbocycles. The summed E-state index contributed by atoms with van der Waals surface area (Å²) in [4.78, 5) is 24.5. The number of nitrogens with one attached hydrogen (secondary N) is 2. The third kappa shape index (κ3) is 4.63. The van der Waals surface area contributed by atoms with Crippen LogP contribution in [0.4, 0.5) is 4.79 Å². The molecule has 142 valence electrons. The normalized spacial score (nSPS) is 16.6. The molecule has 7 nitrogen and oxygen atoms in total. The molecule has 0 fully saturated rings. The summed E-state index contributed by atoms with van der Waals surface area (Å²) in [6.07, 6.45) is 0. The lowest BCUT2D eigenvalue weighted by atomic mass is 9.95. The molecule has 0 saturated carbocycles. The molecule has 1 atom stereocenters. The van der Waals surface area contributed by atoms with Crippen molar-refractivity contribution in [2.75, 3.05) is 32.3 Å². The third-order valence-corrected chi connectivity index (χ3v) is 4.76. The number of amides is 2. The van der Waals surface area contributed by atoms with Gasteiger partial charge in [0.15, 0.2) is 11.5 Å². The number of benzene rings is 1. The van der Waals surface area contributed by atoms with E-state index >= 15 is 0 Å². The summed E-state index contributed by atoms with van der Waals surface area (Å²) in [6, 6.07) is 4.25. The van der Waals surface area contributed by atoms with Crippen LogP contribution in [0.1, 0.15) is 25.5 Å². The topological polar surface area (TPSA) is 85.9 Å². The van der Waals surface area contributed by atoms with Gasteiger partial charge in [-0.1, -0.05) is 13.0 Å². The van der Waals surface area contributed by atoms with E-state index in [2.05, 4.69) is 10.6 Å². The number of methoxy groups -OCH3 is 2. The van der Waals surface area contributed by atoms with Crippen LogP contribution in [-0.2, 0) is 9.53 Å². The van der Waals surface area contributed by atoms with Gasteiger partial charge in [-0.15, -0.1) is 0 Å². The third-order valence-electron chi connectivity index (χ3n) is 3.89. The molecule has 2 rings (SSSR count). The molecule has 0 radical (unpaired) electrons. The van der Waals surface area contributed by atoms with Crippen molar-refractivity contribution < 1.29 is 23.8 Å². The zero-order chi connectivity index (χ0) is 19.1. The molecule has 2 amide bonds. The van der Waals surface area contributed by atoms with Crippen molar-refractivity contribution in [1.82, 2.24) is 10.6 Å². The van der Waals surface area contributed by atoms with E-state index in [1.807, 2.05) is 6.92 Å². The van der Waals surface area contributed by atoms with Gasteiger partial charge in [0.05, 0.1) is 25.8 Å². The van der Waals surface area contributed by atoms with Crippen LogP contribution in [0.15, 0.2) is 29.5 Å². The quantitative estimate of drug-likeness (QED) is 0.533. The van der Waals surface area contributed by atoms with Crippen molar-refractivity contribution in [3.05, 3.63) is 35.0 Å². The summed E-state index contributed by atoms with van der Waals surface area (Å²) >= 11 is 1.70. The maximum Gasteiger partial charge on any atom is 0.338 e. The van der Waals surface area contributed by atoms with Crippen LogP contribution in [0, 0.1) is 0 Å². The zero-order valence-corrected chi connectivity index (χ0v) is 16.2. The van der Waals surface area contributed by atoms with E-state index in [1.165, 1.54) is 7.11 Å². The first-order chi connectivity index (χ1) is 12.5. The standard InChI is InChI=1S/C18H24N2O5S/c1-5-26-9-8-25-17(21)15-11(2)19-18(22)20-16(15)12-6-7-13(23-3)14(10-12)24-4/h6-7,10,16H,5,8-9H2,1-4H3,(H2,19,20,22)/t16-/m1/s1. The fourth-order valence-electron chi connectivity index (χ4n) is 2.66. The summed E-state index contributed by atoms with van der Waals surface area (Å²) in [5.41, 5.74) is 1.55. The average molecular weight is 380 g/mol. The Morgan fingerprint density at radius 1 is 1.23 bits per heavy atom. The van der Waals surface area contributed by atoms with Crippen LogP contribution in [0.5, 0.6) is 11.5 Å². The molecule has 1 heterocycles. The molecular weight excluding hydrogens is 356 g/mol. The summed E-state index contributed by atoms with van der Waals surface area (Å²) in [6.45, 7) is 4.05. The number of hydrogen-bond acceptors (Lipinski definition) is 6. The first-order valence-corrected chi connectivity index (χ1v) is 9.42. The molecule has 0 saturated heterocycles. The molecule has 8 heteroatoms. The molecular formula is C18H24N2O5S. The Morgan fingerprint density at radius 3 is 2.62 bits per heavy atom. The van der Waals surface area contributed by atoms with Gasteiger partial charge >= 0.3 is 12.0 Å². The van der Waals surface area contributed by atoms with Crippen molar-refractivity contribution in [1.29, 1.82) is 0 Å².